The number of hydrogen-bond acceptors (Lipinski definition) is 3. The Bertz CT molecular complexity index is 727. The van der Waals surface area contributed by atoms with Crippen LogP contribution in [0.2, 0.25) is 10.0 Å². The van der Waals surface area contributed by atoms with Gasteiger partial charge in [0.25, 0.3) is 0 Å². The van der Waals surface area contributed by atoms with Crippen LogP contribution >= 0.6 is 23.2 Å². The highest BCUT2D eigenvalue weighted by atomic mass is 35.5. The molecule has 0 saturated carbocycles. The lowest BCUT2D eigenvalue weighted by molar-refractivity contribution is 0.776. The Kier molecular flexibility index (Phi) is 4.17. The van der Waals surface area contributed by atoms with Crippen LogP contribution in [0, 0.1) is 0 Å². The number of H-pyrrole nitrogens is 1. The van der Waals surface area contributed by atoms with Crippen LogP contribution in [0.5, 0.6) is 0 Å². The van der Waals surface area contributed by atoms with E-state index in [0.717, 1.165) is 42.6 Å². The number of rotatable bonds is 2. The fourth-order valence-corrected chi connectivity index (χ4v) is 3.08. The topological polar surface area (TPSA) is 57.8 Å². The van der Waals surface area contributed by atoms with E-state index in [4.69, 9.17) is 23.2 Å². The van der Waals surface area contributed by atoms with Crippen LogP contribution in [0.1, 0.15) is 29.7 Å². The molecule has 0 bridgehead atoms. The predicted octanol–water partition coefficient (Wildman–Crippen LogP) is 3.42. The molecule has 1 aliphatic rings. The molecule has 0 atom stereocenters. The molecule has 0 saturated heterocycles. The van der Waals surface area contributed by atoms with Crippen LogP contribution in [-0.2, 0) is 12.8 Å². The van der Waals surface area contributed by atoms with Crippen LogP contribution < -0.4 is 11.0 Å². The van der Waals surface area contributed by atoms with Gasteiger partial charge in [-0.15, -0.1) is 0 Å². The molecule has 1 aliphatic heterocycles. The largest absolute Gasteiger partial charge is 0.370 e. The number of anilines is 1. The van der Waals surface area contributed by atoms with Crippen molar-refractivity contribution in [2.75, 3.05) is 11.9 Å². The van der Waals surface area contributed by atoms with E-state index in [1.54, 1.807) is 12.1 Å². The van der Waals surface area contributed by atoms with E-state index in [-0.39, 0.29) is 5.69 Å². The number of aromatic nitrogens is 2. The highest BCUT2D eigenvalue weighted by Crippen LogP contribution is 2.26. The summed E-state index contributed by atoms with van der Waals surface area (Å²) in [7, 11) is 0. The maximum Gasteiger partial charge on any atom is 0.347 e. The second kappa shape index (κ2) is 6.08. The highest BCUT2D eigenvalue weighted by molar-refractivity contribution is 6.35. The number of nitrogens with one attached hydrogen (secondary N) is 2. The zero-order valence-corrected chi connectivity index (χ0v) is 12.9. The molecule has 6 heteroatoms. The molecule has 0 fully saturated rings. The van der Waals surface area contributed by atoms with Crippen molar-refractivity contribution in [3.05, 3.63) is 55.5 Å². The van der Waals surface area contributed by atoms with E-state index in [0.29, 0.717) is 22.3 Å². The molecular formula is C15H15Cl2N3O. The summed E-state index contributed by atoms with van der Waals surface area (Å²) in [4.78, 5) is 18.6. The molecule has 1 aromatic heterocycles. The molecule has 110 valence electrons. The fourth-order valence-electron chi connectivity index (χ4n) is 2.60. The average Bonchev–Trinajstić information content (AvgIpc) is 2.67. The first-order valence-corrected chi connectivity index (χ1v) is 7.69. The smallest absolute Gasteiger partial charge is 0.347 e. The van der Waals surface area contributed by atoms with Gasteiger partial charge in [-0.1, -0.05) is 29.3 Å². The van der Waals surface area contributed by atoms with Gasteiger partial charge in [0, 0.05) is 34.3 Å². The Hall–Kier alpha value is -1.52. The maximum absolute atomic E-state index is 11.7. The molecule has 4 nitrogen and oxygen atoms in total. The quantitative estimate of drug-likeness (QED) is 0.890. The SMILES string of the molecule is O=c1nc2c(c(Cc3ccc(Cl)cc3Cl)[nH]1)CCCCN2. The highest BCUT2D eigenvalue weighted by Gasteiger charge is 2.16. The first kappa shape index (κ1) is 14.4. The van der Waals surface area contributed by atoms with Gasteiger partial charge >= 0.3 is 5.69 Å². The number of halogens is 2. The van der Waals surface area contributed by atoms with Gasteiger partial charge in [0.2, 0.25) is 0 Å². The first-order valence-electron chi connectivity index (χ1n) is 6.93. The lowest BCUT2D eigenvalue weighted by Crippen LogP contribution is -2.19. The van der Waals surface area contributed by atoms with Gasteiger partial charge in [-0.25, -0.2) is 4.79 Å². The number of nitrogens with zero attached hydrogens (tertiary/aromatic N) is 1. The van der Waals surface area contributed by atoms with E-state index in [2.05, 4.69) is 15.3 Å². The molecule has 1 aromatic carbocycles. The van der Waals surface area contributed by atoms with Crippen molar-refractivity contribution in [1.82, 2.24) is 9.97 Å². The summed E-state index contributed by atoms with van der Waals surface area (Å²) in [5.41, 5.74) is 2.57. The zero-order valence-electron chi connectivity index (χ0n) is 11.4. The van der Waals surface area contributed by atoms with Gasteiger partial charge < -0.3 is 10.3 Å². The summed E-state index contributed by atoms with van der Waals surface area (Å²) in [5.74, 6) is 0.705. The number of hydrogen-bond donors (Lipinski definition) is 2. The molecule has 3 rings (SSSR count). The lowest BCUT2D eigenvalue weighted by Gasteiger charge is -2.12. The van der Waals surface area contributed by atoms with Crippen LogP contribution in [0.4, 0.5) is 5.82 Å². The first-order chi connectivity index (χ1) is 10.1. The van der Waals surface area contributed by atoms with Gasteiger partial charge in [-0.2, -0.15) is 4.98 Å². The summed E-state index contributed by atoms with van der Waals surface area (Å²) >= 11 is 12.1. The van der Waals surface area contributed by atoms with Crippen molar-refractivity contribution >= 4 is 29.0 Å². The molecule has 2 N–H and O–H groups in total. The number of fused-ring (bicyclic) bond motifs is 1. The minimum atomic E-state index is -0.330. The molecule has 21 heavy (non-hydrogen) atoms. The minimum absolute atomic E-state index is 0.330. The molecule has 0 aliphatic carbocycles. The summed E-state index contributed by atoms with van der Waals surface area (Å²) in [6.45, 7) is 0.852. The third-order valence-electron chi connectivity index (χ3n) is 3.65. The number of aromatic amines is 1. The summed E-state index contributed by atoms with van der Waals surface area (Å²) < 4.78 is 0. The van der Waals surface area contributed by atoms with Crippen molar-refractivity contribution in [2.24, 2.45) is 0 Å². The Morgan fingerprint density at radius 3 is 2.90 bits per heavy atom. The number of benzene rings is 1. The van der Waals surface area contributed by atoms with Crippen molar-refractivity contribution in [3.8, 4) is 0 Å². The molecule has 2 aromatic rings. The normalized spacial score (nSPS) is 14.2. The summed E-state index contributed by atoms with van der Waals surface area (Å²) in [6, 6.07) is 5.41. The molecule has 0 unspecified atom stereocenters. The van der Waals surface area contributed by atoms with Gasteiger partial charge in [0.15, 0.2) is 0 Å². The van der Waals surface area contributed by atoms with Gasteiger partial charge in [0.1, 0.15) is 5.82 Å². The Morgan fingerprint density at radius 2 is 2.10 bits per heavy atom. The summed E-state index contributed by atoms with van der Waals surface area (Å²) in [5, 5.41) is 4.44. The van der Waals surface area contributed by atoms with Crippen molar-refractivity contribution in [2.45, 2.75) is 25.7 Å². The molecular weight excluding hydrogens is 309 g/mol. The van der Waals surface area contributed by atoms with E-state index in [1.807, 2.05) is 6.07 Å². The Balaban J connectivity index is 2.02. The zero-order chi connectivity index (χ0) is 14.8. The van der Waals surface area contributed by atoms with E-state index >= 15 is 0 Å². The maximum atomic E-state index is 11.7. The van der Waals surface area contributed by atoms with E-state index < -0.39 is 0 Å². The Labute approximate surface area is 132 Å². The lowest BCUT2D eigenvalue weighted by atomic mass is 10.0. The van der Waals surface area contributed by atoms with Crippen LogP contribution in [0.15, 0.2) is 23.0 Å². The Morgan fingerprint density at radius 1 is 1.24 bits per heavy atom. The van der Waals surface area contributed by atoms with Gasteiger partial charge in [0.05, 0.1) is 0 Å². The standard InChI is InChI=1S/C15H15Cl2N3O/c16-10-5-4-9(12(17)8-10)7-13-11-3-1-2-6-18-14(11)20-15(21)19-13/h4-5,8H,1-3,6-7H2,(H2,18,19,20,21). The fraction of sp³-hybridized carbons (Fsp3) is 0.333. The third-order valence-corrected chi connectivity index (χ3v) is 4.24. The van der Waals surface area contributed by atoms with Crippen molar-refractivity contribution < 1.29 is 0 Å². The van der Waals surface area contributed by atoms with Crippen molar-refractivity contribution in [1.29, 1.82) is 0 Å². The van der Waals surface area contributed by atoms with Crippen LogP contribution in [-0.4, -0.2) is 16.5 Å². The molecule has 2 heterocycles. The van der Waals surface area contributed by atoms with E-state index in [9.17, 15) is 4.79 Å². The molecule has 0 radical (unpaired) electrons. The predicted molar refractivity (Wildman–Crippen MR) is 85.6 cm³/mol. The third kappa shape index (κ3) is 3.22. The second-order valence-electron chi connectivity index (χ2n) is 5.14. The average molecular weight is 324 g/mol. The van der Waals surface area contributed by atoms with Crippen molar-refractivity contribution in [3.63, 3.8) is 0 Å². The van der Waals surface area contributed by atoms with Gasteiger partial charge in [-0.3, -0.25) is 0 Å². The van der Waals surface area contributed by atoms with E-state index in [1.165, 1.54) is 0 Å². The summed E-state index contributed by atoms with van der Waals surface area (Å²) in [6.07, 6.45) is 3.63. The second-order valence-corrected chi connectivity index (χ2v) is 5.99. The van der Waals surface area contributed by atoms with Gasteiger partial charge in [-0.05, 0) is 37.0 Å². The monoisotopic (exact) mass is 323 g/mol. The molecule has 0 spiro atoms. The minimum Gasteiger partial charge on any atom is -0.370 e. The molecule has 0 amide bonds. The van der Waals surface area contributed by atoms with Crippen LogP contribution in [0.25, 0.3) is 0 Å². The van der Waals surface area contributed by atoms with Crippen LogP contribution in [0.3, 0.4) is 0 Å².